The number of hydrogen-bond donors (Lipinski definition) is 3. The van der Waals surface area contributed by atoms with Gasteiger partial charge in [0.2, 0.25) is 0 Å². The number of nitrogens with zero attached hydrogens (tertiary/aromatic N) is 2. The smallest absolute Gasteiger partial charge is 0.311 e. The predicted octanol–water partition coefficient (Wildman–Crippen LogP) is 4.16. The van der Waals surface area contributed by atoms with Crippen molar-refractivity contribution in [2.24, 2.45) is 34.7 Å². The van der Waals surface area contributed by atoms with Crippen LogP contribution in [0.15, 0.2) is 5.16 Å². The topological polar surface area (TPSA) is 184 Å². The van der Waals surface area contributed by atoms with E-state index in [1.807, 2.05) is 60.5 Å². The van der Waals surface area contributed by atoms with Gasteiger partial charge < -0.3 is 58.2 Å². The molecule has 3 aliphatic heterocycles. The van der Waals surface area contributed by atoms with E-state index >= 15 is 0 Å². The minimum Gasteiger partial charge on any atom is -0.462 e. The zero-order valence-electron chi connectivity index (χ0n) is 35.9. The third-order valence-electron chi connectivity index (χ3n) is 12.7. The van der Waals surface area contributed by atoms with E-state index in [9.17, 15) is 25.0 Å². The van der Waals surface area contributed by atoms with Gasteiger partial charge in [0, 0.05) is 51.2 Å². The molecule has 3 heterocycles. The number of carbonyl (C=O) groups is 2. The van der Waals surface area contributed by atoms with Gasteiger partial charge in [-0.25, -0.2) is 0 Å². The molecule has 0 aliphatic carbocycles. The number of cyclic esters (lactones) is 1. The quantitative estimate of drug-likeness (QED) is 0.172. The van der Waals surface area contributed by atoms with Crippen LogP contribution in [0.2, 0.25) is 0 Å². The molecule has 55 heavy (non-hydrogen) atoms. The van der Waals surface area contributed by atoms with Gasteiger partial charge in [-0.3, -0.25) is 9.59 Å². The molecule has 3 rings (SSSR count). The molecule has 0 aromatic carbocycles. The molecule has 0 bridgehead atoms. The van der Waals surface area contributed by atoms with Gasteiger partial charge in [0.05, 0.1) is 59.4 Å². The monoisotopic (exact) mass is 789 g/mol. The van der Waals surface area contributed by atoms with E-state index < -0.39 is 108 Å². The molecular formula is C40H72N2O13. The maximum absolute atomic E-state index is 14.3. The summed E-state index contributed by atoms with van der Waals surface area (Å²) in [7, 11) is 6.89. The number of aliphatic hydroxyl groups excluding tert-OH is 2. The van der Waals surface area contributed by atoms with E-state index in [1.165, 1.54) is 14.0 Å². The van der Waals surface area contributed by atoms with Crippen LogP contribution in [-0.2, 0) is 47.5 Å². The largest absolute Gasteiger partial charge is 0.462 e. The molecule has 3 saturated heterocycles. The molecule has 0 saturated carbocycles. The van der Waals surface area contributed by atoms with Crippen molar-refractivity contribution >= 4 is 17.7 Å². The highest BCUT2D eigenvalue weighted by Gasteiger charge is 2.53. The number of oxime groups is 1. The summed E-state index contributed by atoms with van der Waals surface area (Å²) in [6, 6.07) is -0.251. The summed E-state index contributed by atoms with van der Waals surface area (Å²) in [4.78, 5) is 28.8. The molecule has 3 N–H and O–H groups in total. The molecule has 15 nitrogen and oxygen atoms in total. The fourth-order valence-corrected chi connectivity index (χ4v) is 9.03. The van der Waals surface area contributed by atoms with Crippen molar-refractivity contribution in [1.82, 2.24) is 4.90 Å². The van der Waals surface area contributed by atoms with Crippen LogP contribution in [0.1, 0.15) is 102 Å². The predicted molar refractivity (Wildman–Crippen MR) is 203 cm³/mol. The second kappa shape index (κ2) is 19.7. The number of carbonyl (C=O) groups excluding carboxylic acids is 2. The maximum Gasteiger partial charge on any atom is 0.311 e. The highest BCUT2D eigenvalue weighted by Crippen LogP contribution is 2.42. The fourth-order valence-electron chi connectivity index (χ4n) is 9.03. The molecule has 0 aromatic heterocycles. The number of esters is 2. The summed E-state index contributed by atoms with van der Waals surface area (Å²) in [5.74, 6) is -4.18. The lowest BCUT2D eigenvalue weighted by Gasteiger charge is -2.50. The van der Waals surface area contributed by atoms with Crippen molar-refractivity contribution in [3.8, 4) is 0 Å². The van der Waals surface area contributed by atoms with Gasteiger partial charge in [-0.15, -0.1) is 0 Å². The fraction of sp³-hybridized carbons (Fsp3) is 0.925. The van der Waals surface area contributed by atoms with Gasteiger partial charge in [-0.05, 0) is 68.0 Å². The van der Waals surface area contributed by atoms with Gasteiger partial charge in [0.25, 0.3) is 0 Å². The van der Waals surface area contributed by atoms with Crippen LogP contribution >= 0.6 is 0 Å². The molecule has 320 valence electrons. The van der Waals surface area contributed by atoms with E-state index in [4.69, 9.17) is 37.9 Å². The second-order valence-corrected chi connectivity index (χ2v) is 17.1. The highest BCUT2D eigenvalue weighted by atomic mass is 16.7. The van der Waals surface area contributed by atoms with Crippen LogP contribution in [0.25, 0.3) is 0 Å². The lowest BCUT2D eigenvalue weighted by molar-refractivity contribution is -0.320. The summed E-state index contributed by atoms with van der Waals surface area (Å²) in [5.41, 5.74) is -1.85. The van der Waals surface area contributed by atoms with Crippen molar-refractivity contribution in [3.05, 3.63) is 0 Å². The van der Waals surface area contributed by atoms with Crippen LogP contribution in [0, 0.1) is 29.6 Å². The first-order chi connectivity index (χ1) is 25.6. The standard InChI is InChI=1S/C40H72N2O13/c1-16-29-22(4)32(44)23(5)31(41-47)20(2)18-40(11,49-15)36(55-38-34(52-27(9)43)28(42(12)13)17-21(3)50-38)24(6)33(25(7)37(46)53-29)54-30-19-39(10,48-14)35(45)26(8)51-30/h20-26,28-30,32-36,38,44-45,47H,16-19H2,1-15H3/b41-31+/t20-,21-,22+,23+,24+,25-,26+,28+,29-,30+,32+,33+,34-,35+,36-,38+,39-,40-/m1/s1. The zero-order chi connectivity index (χ0) is 41.7. The SMILES string of the molecule is CC[C@H]1OC(=O)[C@H](C)[C@@H](O[C@H]2C[C@@](C)(OC)[C@@H](O)[C@H](C)O2)[C@H](C)[C@@H](O[C@@H]2O[C@H](C)C[C@H](N(C)C)[C@H]2OC(C)=O)[C@](C)(OC)C[C@@H](C)/C(=N\O)[C@H](C)[C@@H](O)[C@H]1C. The lowest BCUT2D eigenvalue weighted by Crippen LogP contribution is -2.61. The lowest BCUT2D eigenvalue weighted by atomic mass is 9.74. The molecular weight excluding hydrogens is 716 g/mol. The summed E-state index contributed by atoms with van der Waals surface area (Å²) in [5, 5.41) is 36.7. The Morgan fingerprint density at radius 1 is 0.909 bits per heavy atom. The molecule has 15 heteroatoms. The number of hydrogen-bond acceptors (Lipinski definition) is 15. The number of aliphatic hydroxyl groups is 2. The number of likely N-dealkylation sites (N-methyl/N-ethyl adjacent to an activating group) is 1. The number of rotatable bonds is 9. The zero-order valence-corrected chi connectivity index (χ0v) is 35.9. The van der Waals surface area contributed by atoms with Crippen molar-refractivity contribution in [3.63, 3.8) is 0 Å². The highest BCUT2D eigenvalue weighted by molar-refractivity contribution is 5.88. The normalized spacial score (nSPS) is 46.2. The average Bonchev–Trinajstić information content (AvgIpc) is 3.12. The Kier molecular flexibility index (Phi) is 17.0. The average molecular weight is 789 g/mol. The van der Waals surface area contributed by atoms with Gasteiger partial charge >= 0.3 is 11.9 Å². The minimum absolute atomic E-state index is 0.154. The molecule has 0 aromatic rings. The van der Waals surface area contributed by atoms with Gasteiger partial charge in [0.1, 0.15) is 12.2 Å². The second-order valence-electron chi connectivity index (χ2n) is 17.1. The molecule has 0 unspecified atom stereocenters. The summed E-state index contributed by atoms with van der Waals surface area (Å²) in [6.45, 7) is 19.7. The first kappa shape index (κ1) is 47.4. The number of methoxy groups -OCH3 is 2. The van der Waals surface area contributed by atoms with Crippen molar-refractivity contribution < 1.29 is 62.9 Å². The summed E-state index contributed by atoms with van der Waals surface area (Å²) in [6.07, 6.45) is -6.83. The Morgan fingerprint density at radius 2 is 1.53 bits per heavy atom. The van der Waals surface area contributed by atoms with Crippen molar-refractivity contribution in [2.75, 3.05) is 28.3 Å². The molecule has 0 radical (unpaired) electrons. The molecule has 18 atom stereocenters. The van der Waals surface area contributed by atoms with E-state index in [-0.39, 0.29) is 25.0 Å². The van der Waals surface area contributed by atoms with Crippen LogP contribution in [0.4, 0.5) is 0 Å². The first-order valence-corrected chi connectivity index (χ1v) is 19.9. The van der Waals surface area contributed by atoms with Crippen LogP contribution < -0.4 is 0 Å². The van der Waals surface area contributed by atoms with Crippen LogP contribution in [-0.4, -0.2) is 145 Å². The van der Waals surface area contributed by atoms with Gasteiger partial charge in [-0.1, -0.05) is 39.8 Å². The Bertz CT molecular complexity index is 1290. The Balaban J connectivity index is 2.27. The Labute approximate surface area is 328 Å². The minimum atomic E-state index is -1.19. The molecule has 3 fully saturated rings. The van der Waals surface area contributed by atoms with Crippen LogP contribution in [0.3, 0.4) is 0 Å². The van der Waals surface area contributed by atoms with Crippen molar-refractivity contribution in [2.45, 2.75) is 181 Å². The van der Waals surface area contributed by atoms with Gasteiger partial charge in [0.15, 0.2) is 18.7 Å². The summed E-state index contributed by atoms with van der Waals surface area (Å²) < 4.78 is 50.8. The van der Waals surface area contributed by atoms with E-state index in [1.54, 1.807) is 34.8 Å². The van der Waals surface area contributed by atoms with E-state index in [0.29, 0.717) is 18.6 Å². The maximum atomic E-state index is 14.3. The van der Waals surface area contributed by atoms with E-state index in [0.717, 1.165) is 0 Å². The molecule has 0 amide bonds. The molecule has 0 spiro atoms. The number of ether oxygens (including phenoxy) is 8. The molecule has 3 aliphatic rings. The Hall–Kier alpha value is -1.95. The first-order valence-electron chi connectivity index (χ1n) is 19.9. The summed E-state index contributed by atoms with van der Waals surface area (Å²) >= 11 is 0. The van der Waals surface area contributed by atoms with E-state index in [2.05, 4.69) is 5.16 Å². The Morgan fingerprint density at radius 3 is 2.05 bits per heavy atom. The van der Waals surface area contributed by atoms with Gasteiger partial charge in [-0.2, -0.15) is 0 Å². The van der Waals surface area contributed by atoms with Crippen LogP contribution in [0.5, 0.6) is 0 Å². The third kappa shape index (κ3) is 10.8. The van der Waals surface area contributed by atoms with Crippen molar-refractivity contribution in [1.29, 1.82) is 0 Å². The third-order valence-corrected chi connectivity index (χ3v) is 12.7.